The largest absolute Gasteiger partial charge is 0.299 e. The summed E-state index contributed by atoms with van der Waals surface area (Å²) in [7, 11) is 0. The normalized spacial score (nSPS) is 10.7. The van der Waals surface area contributed by atoms with Crippen molar-refractivity contribution in [2.45, 2.75) is 33.2 Å². The summed E-state index contributed by atoms with van der Waals surface area (Å²) < 4.78 is 0. The SMILES string of the molecule is CCCN(CCC)Cc1ccc([C]=O)cc1. The molecule has 1 aromatic rings. The topological polar surface area (TPSA) is 20.3 Å². The van der Waals surface area contributed by atoms with Gasteiger partial charge in [-0.15, -0.1) is 0 Å². The molecule has 1 aromatic carbocycles. The van der Waals surface area contributed by atoms with Gasteiger partial charge in [0.2, 0.25) is 6.29 Å². The third-order valence-electron chi connectivity index (χ3n) is 2.56. The summed E-state index contributed by atoms with van der Waals surface area (Å²) in [6.07, 6.45) is 4.26. The lowest BCUT2D eigenvalue weighted by atomic mass is 10.1. The van der Waals surface area contributed by atoms with Crippen molar-refractivity contribution < 1.29 is 4.79 Å². The molecule has 16 heavy (non-hydrogen) atoms. The molecule has 0 saturated heterocycles. The van der Waals surface area contributed by atoms with Crippen LogP contribution in [0.5, 0.6) is 0 Å². The first kappa shape index (κ1) is 12.9. The summed E-state index contributed by atoms with van der Waals surface area (Å²) in [6, 6.07) is 7.69. The lowest BCUT2D eigenvalue weighted by molar-refractivity contribution is 0.266. The van der Waals surface area contributed by atoms with E-state index in [9.17, 15) is 4.79 Å². The summed E-state index contributed by atoms with van der Waals surface area (Å²) in [5.41, 5.74) is 1.89. The van der Waals surface area contributed by atoms with Gasteiger partial charge in [0.1, 0.15) is 0 Å². The Kier molecular flexibility index (Phi) is 5.79. The van der Waals surface area contributed by atoms with Gasteiger partial charge in [-0.3, -0.25) is 9.69 Å². The summed E-state index contributed by atoms with van der Waals surface area (Å²) in [6.45, 7) is 7.64. The lowest BCUT2D eigenvalue weighted by Crippen LogP contribution is -2.24. The van der Waals surface area contributed by atoms with Crippen LogP contribution >= 0.6 is 0 Å². The third kappa shape index (κ3) is 4.15. The molecule has 1 rings (SSSR count). The first-order valence-electron chi connectivity index (χ1n) is 5.99. The average molecular weight is 218 g/mol. The van der Waals surface area contributed by atoms with Crippen molar-refractivity contribution in [1.29, 1.82) is 0 Å². The van der Waals surface area contributed by atoms with Gasteiger partial charge in [0.05, 0.1) is 0 Å². The second kappa shape index (κ2) is 7.18. The number of rotatable bonds is 7. The molecule has 0 unspecified atom stereocenters. The molecule has 0 fully saturated rings. The molecular weight excluding hydrogens is 198 g/mol. The van der Waals surface area contributed by atoms with Gasteiger partial charge in [-0.05, 0) is 31.5 Å². The highest BCUT2D eigenvalue weighted by Crippen LogP contribution is 2.07. The van der Waals surface area contributed by atoms with Crippen LogP contribution in [0.25, 0.3) is 0 Å². The van der Waals surface area contributed by atoms with Gasteiger partial charge in [-0.25, -0.2) is 0 Å². The van der Waals surface area contributed by atoms with Crippen LogP contribution in [0.2, 0.25) is 0 Å². The number of hydrogen-bond donors (Lipinski definition) is 0. The first-order chi connectivity index (χ1) is 7.80. The number of nitrogens with zero attached hydrogens (tertiary/aromatic N) is 1. The monoisotopic (exact) mass is 218 g/mol. The fourth-order valence-corrected chi connectivity index (χ4v) is 1.84. The van der Waals surface area contributed by atoms with Crippen molar-refractivity contribution in [1.82, 2.24) is 4.90 Å². The predicted molar refractivity (Wildman–Crippen MR) is 67.1 cm³/mol. The maximum Gasteiger partial charge on any atom is 0.233 e. The van der Waals surface area contributed by atoms with Crippen LogP contribution in [0, 0.1) is 0 Å². The number of benzene rings is 1. The van der Waals surface area contributed by atoms with Crippen molar-refractivity contribution in [2.75, 3.05) is 13.1 Å². The van der Waals surface area contributed by atoms with Crippen LogP contribution in [-0.4, -0.2) is 24.3 Å². The van der Waals surface area contributed by atoms with Crippen LogP contribution in [0.3, 0.4) is 0 Å². The van der Waals surface area contributed by atoms with Crippen LogP contribution in [0.1, 0.15) is 37.8 Å². The molecule has 0 aromatic heterocycles. The van der Waals surface area contributed by atoms with Crippen LogP contribution in [0.4, 0.5) is 0 Å². The Balaban J connectivity index is 2.58. The summed E-state index contributed by atoms with van der Waals surface area (Å²) in [4.78, 5) is 12.9. The molecule has 2 heteroatoms. The quantitative estimate of drug-likeness (QED) is 0.701. The molecule has 2 nitrogen and oxygen atoms in total. The van der Waals surface area contributed by atoms with E-state index < -0.39 is 0 Å². The molecule has 0 aliphatic carbocycles. The molecule has 0 saturated carbocycles. The van der Waals surface area contributed by atoms with Crippen LogP contribution in [0.15, 0.2) is 24.3 Å². The fourth-order valence-electron chi connectivity index (χ4n) is 1.84. The lowest BCUT2D eigenvalue weighted by Gasteiger charge is -2.20. The Hall–Kier alpha value is -1.15. The van der Waals surface area contributed by atoms with Crippen molar-refractivity contribution >= 4 is 6.29 Å². The van der Waals surface area contributed by atoms with Gasteiger partial charge in [0.15, 0.2) is 0 Å². The minimum absolute atomic E-state index is 0.626. The van der Waals surface area contributed by atoms with E-state index in [1.807, 2.05) is 30.6 Å². The zero-order chi connectivity index (χ0) is 11.8. The Labute approximate surface area is 98.3 Å². The second-order valence-electron chi connectivity index (χ2n) is 4.08. The highest BCUT2D eigenvalue weighted by Gasteiger charge is 2.03. The molecule has 1 radical (unpaired) electrons. The third-order valence-corrected chi connectivity index (χ3v) is 2.56. The van der Waals surface area contributed by atoms with Gasteiger partial charge < -0.3 is 0 Å². The standard InChI is InChI=1S/C14H20NO/c1-3-9-15(10-4-2)11-13-5-7-14(12-16)8-6-13/h5-8H,3-4,9-11H2,1-2H3. The van der Waals surface area contributed by atoms with E-state index in [1.165, 1.54) is 18.4 Å². The molecule has 0 amide bonds. The predicted octanol–water partition coefficient (Wildman–Crippen LogP) is 2.77. The maximum atomic E-state index is 10.4. The first-order valence-corrected chi connectivity index (χ1v) is 5.99. The van der Waals surface area contributed by atoms with E-state index in [1.54, 1.807) is 0 Å². The molecule has 0 atom stereocenters. The average Bonchev–Trinajstić information content (AvgIpc) is 2.31. The van der Waals surface area contributed by atoms with Crippen molar-refractivity contribution in [3.63, 3.8) is 0 Å². The molecule has 0 heterocycles. The summed E-state index contributed by atoms with van der Waals surface area (Å²) in [5.74, 6) is 0. The summed E-state index contributed by atoms with van der Waals surface area (Å²) >= 11 is 0. The van der Waals surface area contributed by atoms with Gasteiger partial charge in [-0.2, -0.15) is 0 Å². The minimum Gasteiger partial charge on any atom is -0.299 e. The molecule has 0 aliphatic rings. The Morgan fingerprint density at radius 2 is 1.62 bits per heavy atom. The van der Waals surface area contributed by atoms with E-state index in [0.29, 0.717) is 5.56 Å². The van der Waals surface area contributed by atoms with E-state index >= 15 is 0 Å². The zero-order valence-corrected chi connectivity index (χ0v) is 10.2. The van der Waals surface area contributed by atoms with Gasteiger partial charge >= 0.3 is 0 Å². The Morgan fingerprint density at radius 3 is 2.06 bits per heavy atom. The van der Waals surface area contributed by atoms with E-state index in [2.05, 4.69) is 18.7 Å². The molecule has 0 N–H and O–H groups in total. The smallest absolute Gasteiger partial charge is 0.233 e. The zero-order valence-electron chi connectivity index (χ0n) is 10.2. The highest BCUT2D eigenvalue weighted by atomic mass is 16.1. The molecule has 0 bridgehead atoms. The van der Waals surface area contributed by atoms with Gasteiger partial charge in [-0.1, -0.05) is 38.1 Å². The number of hydrogen-bond acceptors (Lipinski definition) is 2. The fraction of sp³-hybridized carbons (Fsp3) is 0.500. The molecule has 0 aliphatic heterocycles. The van der Waals surface area contributed by atoms with E-state index in [0.717, 1.165) is 19.6 Å². The van der Waals surface area contributed by atoms with E-state index in [4.69, 9.17) is 0 Å². The van der Waals surface area contributed by atoms with Crippen molar-refractivity contribution in [2.24, 2.45) is 0 Å². The van der Waals surface area contributed by atoms with Crippen molar-refractivity contribution in [3.05, 3.63) is 35.4 Å². The molecule has 87 valence electrons. The van der Waals surface area contributed by atoms with Crippen LogP contribution < -0.4 is 0 Å². The van der Waals surface area contributed by atoms with Gasteiger partial charge in [0.25, 0.3) is 0 Å². The Bertz CT molecular complexity index is 299. The second-order valence-corrected chi connectivity index (χ2v) is 4.08. The Morgan fingerprint density at radius 1 is 1.06 bits per heavy atom. The maximum absolute atomic E-state index is 10.4. The summed E-state index contributed by atoms with van der Waals surface area (Å²) in [5, 5.41) is 0. The van der Waals surface area contributed by atoms with E-state index in [-0.39, 0.29) is 0 Å². The molecular formula is C14H20NO. The van der Waals surface area contributed by atoms with Crippen molar-refractivity contribution in [3.8, 4) is 0 Å². The minimum atomic E-state index is 0.626. The van der Waals surface area contributed by atoms with Gasteiger partial charge in [0, 0.05) is 12.1 Å². The molecule has 0 spiro atoms. The van der Waals surface area contributed by atoms with Crippen LogP contribution in [-0.2, 0) is 11.3 Å². The highest BCUT2D eigenvalue weighted by molar-refractivity contribution is 5.75. The number of carbonyl (C=O) groups excluding carboxylic acids is 1.